The molecule has 4 rings (SSSR count). The Kier molecular flexibility index (Phi) is 6.93. The Balaban J connectivity index is 1.56. The van der Waals surface area contributed by atoms with Gasteiger partial charge >= 0.3 is 0 Å². The van der Waals surface area contributed by atoms with Gasteiger partial charge in [0, 0.05) is 45.9 Å². The minimum Gasteiger partial charge on any atom is -0.383 e. The first-order valence-corrected chi connectivity index (χ1v) is 10.7. The predicted octanol–water partition coefficient (Wildman–Crippen LogP) is 1.81. The van der Waals surface area contributed by atoms with Crippen molar-refractivity contribution in [2.45, 2.75) is 13.0 Å². The average Bonchev–Trinajstić information content (AvgIpc) is 2.79. The summed E-state index contributed by atoms with van der Waals surface area (Å²) >= 11 is 5.40. The molecule has 2 aliphatic rings. The maximum absolute atomic E-state index is 5.50. The Morgan fingerprint density at radius 3 is 2.60 bits per heavy atom. The number of nitrogens with one attached hydrogen (secondary N) is 2. The molecule has 0 amide bonds. The largest absolute Gasteiger partial charge is 0.383 e. The topological polar surface area (TPSA) is 74.8 Å². The molecule has 160 valence electrons. The minimum atomic E-state index is 0.487. The first-order chi connectivity index (χ1) is 14.7. The lowest BCUT2D eigenvalue weighted by Crippen LogP contribution is -2.38. The molecule has 2 aromatic rings. The third kappa shape index (κ3) is 5.16. The van der Waals surface area contributed by atoms with Gasteiger partial charge in [0.25, 0.3) is 0 Å². The Labute approximate surface area is 182 Å². The van der Waals surface area contributed by atoms with Crippen LogP contribution in [0.1, 0.15) is 11.1 Å². The maximum atomic E-state index is 5.50. The van der Waals surface area contributed by atoms with E-state index >= 15 is 0 Å². The molecule has 8 nitrogen and oxygen atoms in total. The van der Waals surface area contributed by atoms with Crippen molar-refractivity contribution >= 4 is 34.9 Å². The van der Waals surface area contributed by atoms with Crippen molar-refractivity contribution in [2.24, 2.45) is 0 Å². The molecule has 0 saturated carbocycles. The highest BCUT2D eigenvalue weighted by Gasteiger charge is 2.21. The number of anilines is 3. The highest BCUT2D eigenvalue weighted by atomic mass is 32.1. The van der Waals surface area contributed by atoms with E-state index in [0.29, 0.717) is 37.4 Å². The molecule has 1 aromatic carbocycles. The second kappa shape index (κ2) is 10.0. The second-order valence-corrected chi connectivity index (χ2v) is 7.73. The number of thiocarbonyl (C=S) groups is 1. The van der Waals surface area contributed by atoms with Crippen molar-refractivity contribution in [3.05, 3.63) is 41.5 Å². The van der Waals surface area contributed by atoms with Gasteiger partial charge in [-0.3, -0.25) is 0 Å². The molecule has 0 atom stereocenters. The van der Waals surface area contributed by atoms with Crippen molar-refractivity contribution in [1.82, 2.24) is 15.3 Å². The number of benzene rings is 1. The fraction of sp³-hybridized carbons (Fsp3) is 0.476. The number of morpholine rings is 1. The van der Waals surface area contributed by atoms with Crippen LogP contribution in [-0.2, 0) is 22.4 Å². The van der Waals surface area contributed by atoms with Crippen LogP contribution >= 0.6 is 12.2 Å². The second-order valence-electron chi connectivity index (χ2n) is 7.32. The Morgan fingerprint density at radius 1 is 1.10 bits per heavy atom. The number of rotatable bonds is 6. The normalized spacial score (nSPS) is 16.2. The van der Waals surface area contributed by atoms with Gasteiger partial charge in [0.1, 0.15) is 11.6 Å². The fourth-order valence-electron chi connectivity index (χ4n) is 3.70. The van der Waals surface area contributed by atoms with E-state index < -0.39 is 0 Å². The summed E-state index contributed by atoms with van der Waals surface area (Å²) in [5.41, 5.74) is 2.76. The van der Waals surface area contributed by atoms with E-state index in [1.807, 2.05) is 0 Å². The monoisotopic (exact) mass is 428 g/mol. The number of nitrogens with zero attached hydrogens (tertiary/aromatic N) is 4. The molecular weight excluding hydrogens is 400 g/mol. The molecule has 1 saturated heterocycles. The van der Waals surface area contributed by atoms with Crippen LogP contribution in [0.2, 0.25) is 0 Å². The molecule has 0 unspecified atom stereocenters. The van der Waals surface area contributed by atoms with Crippen molar-refractivity contribution in [1.29, 1.82) is 0 Å². The molecule has 3 heterocycles. The van der Waals surface area contributed by atoms with Crippen molar-refractivity contribution in [3.8, 4) is 0 Å². The molecule has 2 aliphatic heterocycles. The van der Waals surface area contributed by atoms with E-state index in [-0.39, 0.29) is 0 Å². The zero-order valence-electron chi connectivity index (χ0n) is 17.3. The van der Waals surface area contributed by atoms with E-state index in [2.05, 4.69) is 50.8 Å². The van der Waals surface area contributed by atoms with E-state index in [9.17, 15) is 0 Å². The highest BCUT2D eigenvalue weighted by molar-refractivity contribution is 7.80. The molecule has 2 N–H and O–H groups in total. The lowest BCUT2D eigenvalue weighted by atomic mass is 10.00. The van der Waals surface area contributed by atoms with Crippen LogP contribution in [0.4, 0.5) is 17.6 Å². The molecule has 30 heavy (non-hydrogen) atoms. The first kappa shape index (κ1) is 20.8. The fourth-order valence-corrected chi connectivity index (χ4v) is 3.89. The third-order valence-corrected chi connectivity index (χ3v) is 5.55. The Bertz CT molecular complexity index is 874. The van der Waals surface area contributed by atoms with Gasteiger partial charge in [-0.15, -0.1) is 0 Å². The molecule has 0 spiro atoms. The van der Waals surface area contributed by atoms with Crippen LogP contribution in [0.25, 0.3) is 0 Å². The van der Waals surface area contributed by atoms with Gasteiger partial charge in [0.05, 0.1) is 19.8 Å². The number of ether oxygens (including phenoxy) is 2. The van der Waals surface area contributed by atoms with E-state index in [1.54, 1.807) is 7.11 Å². The Morgan fingerprint density at radius 2 is 1.83 bits per heavy atom. The molecule has 0 radical (unpaired) electrons. The third-order valence-electron chi connectivity index (χ3n) is 5.31. The zero-order chi connectivity index (χ0) is 20.8. The van der Waals surface area contributed by atoms with Gasteiger partial charge in [-0.25, -0.2) is 0 Å². The SMILES string of the molecule is COCCNC(=S)Nc1nc(N2CCOCC2)cc(N2CCc3ccccc3C2)n1. The molecule has 0 bridgehead atoms. The summed E-state index contributed by atoms with van der Waals surface area (Å²) < 4.78 is 10.6. The van der Waals surface area contributed by atoms with Gasteiger partial charge < -0.3 is 29.9 Å². The summed E-state index contributed by atoms with van der Waals surface area (Å²) in [6.45, 7) is 6.01. The van der Waals surface area contributed by atoms with Gasteiger partial charge in [-0.1, -0.05) is 24.3 Å². The lowest BCUT2D eigenvalue weighted by Gasteiger charge is -2.32. The van der Waals surface area contributed by atoms with Crippen LogP contribution in [0, 0.1) is 0 Å². The van der Waals surface area contributed by atoms with Gasteiger partial charge in [-0.05, 0) is 29.8 Å². The van der Waals surface area contributed by atoms with Gasteiger partial charge in [0.15, 0.2) is 5.11 Å². The van der Waals surface area contributed by atoms with Gasteiger partial charge in [-0.2, -0.15) is 9.97 Å². The summed E-state index contributed by atoms with van der Waals surface area (Å²) in [5.74, 6) is 2.30. The maximum Gasteiger partial charge on any atom is 0.232 e. The number of hydrogen-bond donors (Lipinski definition) is 2. The standard InChI is InChI=1S/C21H28N6O2S/c1-28-11-7-22-21(30)25-20-23-18(26-9-12-29-13-10-26)14-19(24-20)27-8-6-16-4-2-3-5-17(16)15-27/h2-5,14H,6-13,15H2,1H3,(H2,22,23,24,25,30). The summed E-state index contributed by atoms with van der Waals surface area (Å²) in [6.07, 6.45) is 1.01. The van der Waals surface area contributed by atoms with E-state index in [0.717, 1.165) is 44.2 Å². The summed E-state index contributed by atoms with van der Waals surface area (Å²) in [7, 11) is 1.66. The van der Waals surface area contributed by atoms with Gasteiger partial charge in [0.2, 0.25) is 5.95 Å². The first-order valence-electron chi connectivity index (χ1n) is 10.3. The Hall–Kier alpha value is -2.49. The molecule has 1 aromatic heterocycles. The smallest absolute Gasteiger partial charge is 0.232 e. The van der Waals surface area contributed by atoms with Crippen LogP contribution in [0.3, 0.4) is 0 Å². The predicted molar refractivity (Wildman–Crippen MR) is 122 cm³/mol. The van der Waals surface area contributed by atoms with Crippen LogP contribution < -0.4 is 20.4 Å². The summed E-state index contributed by atoms with van der Waals surface area (Å²) in [5, 5.41) is 6.74. The van der Waals surface area contributed by atoms with Crippen molar-refractivity contribution < 1.29 is 9.47 Å². The number of methoxy groups -OCH3 is 1. The lowest BCUT2D eigenvalue weighted by molar-refractivity contribution is 0.122. The number of aromatic nitrogens is 2. The molecule has 1 fully saturated rings. The van der Waals surface area contributed by atoms with Crippen LogP contribution in [0.15, 0.2) is 30.3 Å². The van der Waals surface area contributed by atoms with Crippen LogP contribution in [-0.4, -0.2) is 68.2 Å². The average molecular weight is 429 g/mol. The highest BCUT2D eigenvalue weighted by Crippen LogP contribution is 2.27. The molecule has 9 heteroatoms. The summed E-state index contributed by atoms with van der Waals surface area (Å²) in [4.78, 5) is 14.0. The quantitative estimate of drug-likeness (QED) is 0.529. The zero-order valence-corrected chi connectivity index (χ0v) is 18.1. The van der Waals surface area contributed by atoms with Crippen molar-refractivity contribution in [2.75, 3.05) is 68.2 Å². The molecular formula is C21H28N6O2S. The number of fused-ring (bicyclic) bond motifs is 1. The minimum absolute atomic E-state index is 0.487. The number of hydrogen-bond acceptors (Lipinski definition) is 7. The van der Waals surface area contributed by atoms with Crippen molar-refractivity contribution in [3.63, 3.8) is 0 Å². The van der Waals surface area contributed by atoms with E-state index in [1.165, 1.54) is 11.1 Å². The van der Waals surface area contributed by atoms with E-state index in [4.69, 9.17) is 31.7 Å². The molecule has 0 aliphatic carbocycles. The van der Waals surface area contributed by atoms with Crippen LogP contribution in [0.5, 0.6) is 0 Å². The summed E-state index contributed by atoms with van der Waals surface area (Å²) in [6, 6.07) is 10.7.